The van der Waals surface area contributed by atoms with Crippen LogP contribution in [0.5, 0.6) is 0 Å². The van der Waals surface area contributed by atoms with Crippen LogP contribution in [0.4, 0.5) is 0 Å². The van der Waals surface area contributed by atoms with E-state index in [-0.39, 0.29) is 0 Å². The van der Waals surface area contributed by atoms with Crippen LogP contribution >= 0.6 is 0 Å². The predicted octanol–water partition coefficient (Wildman–Crippen LogP) is -0.825. The number of aromatic amines is 3. The summed E-state index contributed by atoms with van der Waals surface area (Å²) in [6.07, 6.45) is 4.15. The summed E-state index contributed by atoms with van der Waals surface area (Å²) in [4.78, 5) is 4.16. The van der Waals surface area contributed by atoms with Crippen LogP contribution in [0.2, 0.25) is 0 Å². The van der Waals surface area contributed by atoms with Gasteiger partial charge < -0.3 is 0 Å². The van der Waals surface area contributed by atoms with E-state index in [0.717, 1.165) is 0 Å². The van der Waals surface area contributed by atoms with Gasteiger partial charge in [-0.05, 0) is 0 Å². The van der Waals surface area contributed by atoms with Gasteiger partial charge in [0.1, 0.15) is 17.6 Å². The molecule has 3 rings (SSSR count). The Morgan fingerprint density at radius 3 is 2.93 bits per heavy atom. The molecule has 15 heavy (non-hydrogen) atoms. The highest BCUT2D eigenvalue weighted by Gasteiger charge is 2.10. The van der Waals surface area contributed by atoms with E-state index in [1.807, 2.05) is 0 Å². The maximum atomic E-state index is 4.16. The maximum Gasteiger partial charge on any atom is 0.201 e. The Balaban J connectivity index is 2.02. The normalized spacial score (nSPS) is 10.7. The second-order valence-electron chi connectivity index (χ2n) is 2.66. The molecule has 3 aromatic heterocycles. The van der Waals surface area contributed by atoms with Gasteiger partial charge in [-0.15, -0.1) is 5.10 Å². The third-order valence-electron chi connectivity index (χ3n) is 1.74. The summed E-state index contributed by atoms with van der Waals surface area (Å²) in [5.41, 5.74) is 1.10. The lowest BCUT2D eigenvalue weighted by atomic mass is 10.4. The first-order valence-corrected chi connectivity index (χ1v) is 4.01. The zero-order valence-corrected chi connectivity index (χ0v) is 7.26. The molecule has 0 unspecified atom stereocenters. The van der Waals surface area contributed by atoms with Crippen molar-refractivity contribution in [1.82, 2.24) is 46.0 Å². The average molecular weight is 202 g/mol. The van der Waals surface area contributed by atoms with Gasteiger partial charge in [-0.25, -0.2) is 4.98 Å². The quantitative estimate of drug-likeness (QED) is 0.498. The Hall–Kier alpha value is -2.58. The number of rotatable bonds is 2. The Labute approximate surface area is 82.3 Å². The Morgan fingerprint density at radius 2 is 2.20 bits per heavy atom. The van der Waals surface area contributed by atoms with E-state index >= 15 is 0 Å². The zero-order valence-electron chi connectivity index (χ0n) is 7.26. The zero-order chi connectivity index (χ0) is 10.1. The fourth-order valence-electron chi connectivity index (χ4n) is 1.08. The molecule has 0 saturated heterocycles. The van der Waals surface area contributed by atoms with Crippen LogP contribution in [0.15, 0.2) is 6.20 Å². The molecular weight excluding hydrogens is 198 g/mol. The van der Waals surface area contributed by atoms with Gasteiger partial charge in [0.2, 0.25) is 5.82 Å². The van der Waals surface area contributed by atoms with Crippen LogP contribution in [-0.4, -0.2) is 46.0 Å². The molecular formula is C6H4N9. The van der Waals surface area contributed by atoms with Crippen molar-refractivity contribution >= 4 is 0 Å². The Bertz CT molecular complexity index is 484. The molecule has 0 aromatic carbocycles. The molecule has 0 aliphatic heterocycles. The molecule has 9 heteroatoms. The van der Waals surface area contributed by atoms with Crippen molar-refractivity contribution < 1.29 is 0 Å². The molecule has 0 saturated carbocycles. The third kappa shape index (κ3) is 1.25. The number of hydrogen-bond donors (Lipinski definition) is 3. The molecule has 3 aromatic rings. The molecule has 0 atom stereocenters. The summed E-state index contributed by atoms with van der Waals surface area (Å²) in [6, 6.07) is 0. The van der Waals surface area contributed by atoms with Crippen molar-refractivity contribution in [3.8, 4) is 23.0 Å². The van der Waals surface area contributed by atoms with E-state index in [4.69, 9.17) is 0 Å². The number of hydrogen-bond acceptors (Lipinski definition) is 6. The van der Waals surface area contributed by atoms with E-state index in [1.54, 1.807) is 6.20 Å². The molecule has 0 spiro atoms. The molecule has 0 fully saturated rings. The van der Waals surface area contributed by atoms with Crippen LogP contribution in [0.25, 0.3) is 23.0 Å². The highest BCUT2D eigenvalue weighted by Crippen LogP contribution is 2.13. The van der Waals surface area contributed by atoms with Gasteiger partial charge in [-0.3, -0.25) is 10.2 Å². The smallest absolute Gasteiger partial charge is 0.201 e. The molecule has 0 aliphatic carbocycles. The second kappa shape index (κ2) is 2.97. The van der Waals surface area contributed by atoms with Crippen LogP contribution in [0.3, 0.4) is 0 Å². The second-order valence-corrected chi connectivity index (χ2v) is 2.66. The van der Waals surface area contributed by atoms with Gasteiger partial charge in [-0.2, -0.15) is 20.5 Å². The highest BCUT2D eigenvalue weighted by atomic mass is 15.4. The Morgan fingerprint density at radius 1 is 1.20 bits per heavy atom. The van der Waals surface area contributed by atoms with Crippen molar-refractivity contribution in [2.75, 3.05) is 0 Å². The predicted molar refractivity (Wildman–Crippen MR) is 46.0 cm³/mol. The summed E-state index contributed by atoms with van der Waals surface area (Å²) >= 11 is 0. The highest BCUT2D eigenvalue weighted by molar-refractivity contribution is 5.53. The van der Waals surface area contributed by atoms with E-state index in [9.17, 15) is 0 Å². The van der Waals surface area contributed by atoms with E-state index in [1.165, 1.54) is 0 Å². The molecule has 73 valence electrons. The maximum absolute atomic E-state index is 4.16. The molecule has 3 N–H and O–H groups in total. The summed E-state index contributed by atoms with van der Waals surface area (Å²) in [6.45, 7) is 0. The monoisotopic (exact) mass is 202 g/mol. The standard InChI is InChI=1S/C6H4N9/c1-3(10-14-7-1)5-9-6(13-12-5)4-2-8-15-11-4/h1H,(H,7,10,14)(H,8,11,15)(H,9,12,13). The lowest BCUT2D eigenvalue weighted by Crippen LogP contribution is -1.81. The van der Waals surface area contributed by atoms with Crippen LogP contribution in [-0.2, 0) is 0 Å². The first-order chi connectivity index (χ1) is 7.43. The minimum absolute atomic E-state index is 0.429. The van der Waals surface area contributed by atoms with Crippen molar-refractivity contribution in [2.45, 2.75) is 0 Å². The van der Waals surface area contributed by atoms with Gasteiger partial charge in [0, 0.05) is 0 Å². The topological polar surface area (TPSA) is 125 Å². The summed E-state index contributed by atoms with van der Waals surface area (Å²) < 4.78 is 0. The van der Waals surface area contributed by atoms with E-state index in [0.29, 0.717) is 23.0 Å². The molecule has 0 amide bonds. The number of aromatic nitrogens is 9. The lowest BCUT2D eigenvalue weighted by molar-refractivity contribution is 0.936. The fraction of sp³-hybridized carbons (Fsp3) is 0. The van der Waals surface area contributed by atoms with Gasteiger partial charge >= 0.3 is 0 Å². The van der Waals surface area contributed by atoms with Gasteiger partial charge in [0.05, 0.1) is 6.20 Å². The number of H-pyrrole nitrogens is 3. The van der Waals surface area contributed by atoms with Crippen molar-refractivity contribution in [3.63, 3.8) is 0 Å². The Kier molecular flexibility index (Phi) is 1.54. The summed E-state index contributed by atoms with van der Waals surface area (Å²) in [7, 11) is 0. The van der Waals surface area contributed by atoms with Crippen LogP contribution < -0.4 is 0 Å². The van der Waals surface area contributed by atoms with Crippen molar-refractivity contribution in [1.29, 1.82) is 0 Å². The van der Waals surface area contributed by atoms with E-state index in [2.05, 4.69) is 52.2 Å². The molecule has 1 radical (unpaired) electrons. The van der Waals surface area contributed by atoms with Gasteiger partial charge in [0.25, 0.3) is 0 Å². The number of nitrogens with one attached hydrogen (secondary N) is 3. The third-order valence-corrected chi connectivity index (χ3v) is 1.74. The first-order valence-electron chi connectivity index (χ1n) is 4.01. The molecule has 9 nitrogen and oxygen atoms in total. The first kappa shape index (κ1) is 7.79. The SMILES string of the molecule is [c]1nn[nH]c1-c1n[nH]c(-c2cn[nH]n2)n1. The molecule has 3 heterocycles. The molecule has 0 bridgehead atoms. The number of nitrogens with zero attached hydrogens (tertiary/aromatic N) is 6. The summed E-state index contributed by atoms with van der Waals surface area (Å²) in [5, 5.41) is 26.3. The van der Waals surface area contributed by atoms with Crippen molar-refractivity contribution in [2.24, 2.45) is 0 Å². The lowest BCUT2D eigenvalue weighted by Gasteiger charge is -1.83. The van der Waals surface area contributed by atoms with Gasteiger partial charge in [-0.1, -0.05) is 5.21 Å². The van der Waals surface area contributed by atoms with Crippen LogP contribution in [0, 0.1) is 6.20 Å². The largest absolute Gasteiger partial charge is 0.257 e. The van der Waals surface area contributed by atoms with Crippen molar-refractivity contribution in [3.05, 3.63) is 12.4 Å². The fourth-order valence-corrected chi connectivity index (χ4v) is 1.08. The minimum Gasteiger partial charge on any atom is -0.257 e. The van der Waals surface area contributed by atoms with Gasteiger partial charge in [0.15, 0.2) is 5.82 Å². The molecule has 0 aliphatic rings. The summed E-state index contributed by atoms with van der Waals surface area (Å²) in [5.74, 6) is 0.944. The minimum atomic E-state index is 0.429. The average Bonchev–Trinajstić information content (AvgIpc) is 3.02. The van der Waals surface area contributed by atoms with Crippen LogP contribution in [0.1, 0.15) is 0 Å². The van der Waals surface area contributed by atoms with E-state index < -0.39 is 0 Å².